The van der Waals surface area contributed by atoms with E-state index >= 15 is 0 Å². The van der Waals surface area contributed by atoms with Crippen molar-refractivity contribution in [3.63, 3.8) is 0 Å². The number of benzene rings is 1. The van der Waals surface area contributed by atoms with E-state index in [1.807, 2.05) is 23.1 Å². The number of fused-ring (bicyclic) bond motifs is 1. The Kier molecular flexibility index (Phi) is 4.61. The molecule has 3 aliphatic rings. The van der Waals surface area contributed by atoms with Gasteiger partial charge in [0.1, 0.15) is 19.8 Å². The Morgan fingerprint density at radius 1 is 1.15 bits per heavy atom. The Morgan fingerprint density at radius 2 is 1.96 bits per heavy atom. The number of anilines is 1. The normalized spacial score (nSPS) is 22.7. The fraction of sp³-hybridized carbons (Fsp3) is 0.579. The van der Waals surface area contributed by atoms with Crippen LogP contribution in [0.4, 0.5) is 10.5 Å². The second kappa shape index (κ2) is 7.05. The van der Waals surface area contributed by atoms with Crippen LogP contribution in [0, 0.1) is 5.92 Å². The molecule has 7 heteroatoms. The van der Waals surface area contributed by atoms with Crippen molar-refractivity contribution < 1.29 is 19.1 Å². The first kappa shape index (κ1) is 17.0. The van der Waals surface area contributed by atoms with Crippen molar-refractivity contribution in [1.29, 1.82) is 0 Å². The third-order valence-electron chi connectivity index (χ3n) is 5.27. The molecule has 26 heavy (non-hydrogen) atoms. The highest BCUT2D eigenvalue weighted by atomic mass is 16.6. The summed E-state index contributed by atoms with van der Waals surface area (Å²) in [6.45, 7) is 6.12. The first-order chi connectivity index (χ1) is 12.6. The van der Waals surface area contributed by atoms with E-state index in [1.165, 1.54) is 6.42 Å². The third-order valence-corrected chi connectivity index (χ3v) is 5.27. The summed E-state index contributed by atoms with van der Waals surface area (Å²) in [4.78, 5) is 30.6. The number of carbonyl (C=O) groups is 2. The summed E-state index contributed by atoms with van der Waals surface area (Å²) in [6, 6.07) is 5.41. The predicted molar refractivity (Wildman–Crippen MR) is 96.7 cm³/mol. The van der Waals surface area contributed by atoms with Crippen molar-refractivity contribution >= 4 is 17.6 Å². The lowest BCUT2D eigenvalue weighted by molar-refractivity contribution is -0.133. The number of piperidine rings is 1. The van der Waals surface area contributed by atoms with Crippen LogP contribution in [0.25, 0.3) is 0 Å². The molecule has 0 unspecified atom stereocenters. The molecular weight excluding hydrogens is 334 g/mol. The average Bonchev–Trinajstić information content (AvgIpc) is 3.02. The molecule has 1 aromatic rings. The van der Waals surface area contributed by atoms with E-state index < -0.39 is 0 Å². The van der Waals surface area contributed by atoms with Crippen LogP contribution < -0.4 is 14.4 Å². The van der Waals surface area contributed by atoms with Crippen molar-refractivity contribution in [2.45, 2.75) is 19.8 Å². The van der Waals surface area contributed by atoms with E-state index in [4.69, 9.17) is 9.47 Å². The smallest absolute Gasteiger partial charge is 0.325 e. The van der Waals surface area contributed by atoms with Gasteiger partial charge in [0.25, 0.3) is 0 Å². The second-order valence-electron chi connectivity index (χ2n) is 7.27. The zero-order valence-electron chi connectivity index (χ0n) is 15.1. The van der Waals surface area contributed by atoms with E-state index in [0.29, 0.717) is 43.7 Å². The number of ether oxygens (including phenoxy) is 2. The van der Waals surface area contributed by atoms with Gasteiger partial charge in [0.15, 0.2) is 11.5 Å². The Morgan fingerprint density at radius 3 is 2.77 bits per heavy atom. The molecule has 3 aliphatic heterocycles. The van der Waals surface area contributed by atoms with Gasteiger partial charge in [-0.15, -0.1) is 0 Å². The minimum atomic E-state index is -0.125. The number of carbonyl (C=O) groups excluding carboxylic acids is 2. The summed E-state index contributed by atoms with van der Waals surface area (Å²) in [5.41, 5.74) is 0.779. The lowest BCUT2D eigenvalue weighted by Crippen LogP contribution is -2.45. The Bertz CT molecular complexity index is 708. The Balaban J connectivity index is 1.41. The molecular formula is C19H25N3O4. The minimum Gasteiger partial charge on any atom is -0.486 e. The molecule has 0 aromatic heterocycles. The molecule has 3 heterocycles. The van der Waals surface area contributed by atoms with E-state index in [-0.39, 0.29) is 18.5 Å². The highest BCUT2D eigenvalue weighted by Gasteiger charge is 2.33. The first-order valence-electron chi connectivity index (χ1n) is 9.35. The summed E-state index contributed by atoms with van der Waals surface area (Å²) in [5.74, 6) is 1.96. The molecule has 4 rings (SSSR count). The van der Waals surface area contributed by atoms with E-state index in [9.17, 15) is 9.59 Å². The largest absolute Gasteiger partial charge is 0.486 e. The van der Waals surface area contributed by atoms with E-state index in [1.54, 1.807) is 9.80 Å². The lowest BCUT2D eigenvalue weighted by Gasteiger charge is -2.32. The Hall–Kier alpha value is -2.44. The highest BCUT2D eigenvalue weighted by Crippen LogP contribution is 2.35. The zero-order chi connectivity index (χ0) is 18.1. The van der Waals surface area contributed by atoms with Gasteiger partial charge in [0, 0.05) is 37.9 Å². The maximum Gasteiger partial charge on any atom is 0.325 e. The van der Waals surface area contributed by atoms with Crippen LogP contribution in [0.15, 0.2) is 18.2 Å². The van der Waals surface area contributed by atoms with Crippen LogP contribution in [-0.2, 0) is 4.79 Å². The maximum atomic E-state index is 12.8. The molecule has 1 atom stereocenters. The van der Waals surface area contributed by atoms with Crippen LogP contribution in [0.3, 0.4) is 0 Å². The number of hydrogen-bond acceptors (Lipinski definition) is 4. The van der Waals surface area contributed by atoms with Crippen molar-refractivity contribution in [3.8, 4) is 11.5 Å². The van der Waals surface area contributed by atoms with Crippen LogP contribution in [-0.4, -0.2) is 67.7 Å². The highest BCUT2D eigenvalue weighted by molar-refractivity contribution is 5.96. The van der Waals surface area contributed by atoms with Crippen LogP contribution in [0.2, 0.25) is 0 Å². The second-order valence-corrected chi connectivity index (χ2v) is 7.27. The van der Waals surface area contributed by atoms with Gasteiger partial charge in [-0.3, -0.25) is 9.69 Å². The summed E-state index contributed by atoms with van der Waals surface area (Å²) >= 11 is 0. The topological polar surface area (TPSA) is 62.3 Å². The standard InChI is InChI=1S/C19H25N3O4/c1-14-3-2-6-20(12-14)18(23)13-21-7-8-22(19(21)24)15-4-5-16-17(11-15)26-10-9-25-16/h4-5,11,14H,2-3,6-10,12-13H2,1H3/t14-/m0/s1. The van der Waals surface area contributed by atoms with Crippen molar-refractivity contribution in [2.24, 2.45) is 5.92 Å². The zero-order valence-corrected chi connectivity index (χ0v) is 15.1. The van der Waals surface area contributed by atoms with Gasteiger partial charge in [-0.2, -0.15) is 0 Å². The van der Waals surface area contributed by atoms with Crippen LogP contribution >= 0.6 is 0 Å². The molecule has 140 valence electrons. The van der Waals surface area contributed by atoms with Crippen molar-refractivity contribution in [3.05, 3.63) is 18.2 Å². The number of amides is 3. The molecule has 3 amide bonds. The molecule has 2 fully saturated rings. The van der Waals surface area contributed by atoms with Gasteiger partial charge in [0.2, 0.25) is 5.91 Å². The molecule has 0 radical (unpaired) electrons. The average molecular weight is 359 g/mol. The molecule has 2 saturated heterocycles. The van der Waals surface area contributed by atoms with E-state index in [0.717, 1.165) is 25.2 Å². The molecule has 0 aliphatic carbocycles. The molecule has 0 spiro atoms. The molecule has 0 bridgehead atoms. The first-order valence-corrected chi connectivity index (χ1v) is 9.35. The predicted octanol–water partition coefficient (Wildman–Crippen LogP) is 1.96. The summed E-state index contributed by atoms with van der Waals surface area (Å²) in [7, 11) is 0. The van der Waals surface area contributed by atoms with Gasteiger partial charge in [-0.05, 0) is 30.9 Å². The maximum absolute atomic E-state index is 12.8. The summed E-state index contributed by atoms with van der Waals surface area (Å²) in [5, 5.41) is 0. The van der Waals surface area contributed by atoms with Gasteiger partial charge in [-0.25, -0.2) is 4.79 Å². The number of nitrogens with zero attached hydrogens (tertiary/aromatic N) is 3. The monoisotopic (exact) mass is 359 g/mol. The molecule has 0 saturated carbocycles. The molecule has 7 nitrogen and oxygen atoms in total. The Labute approximate surface area is 153 Å². The fourth-order valence-electron chi connectivity index (χ4n) is 3.85. The van der Waals surface area contributed by atoms with Crippen LogP contribution in [0.1, 0.15) is 19.8 Å². The van der Waals surface area contributed by atoms with Gasteiger partial charge in [0.05, 0.1) is 0 Å². The quantitative estimate of drug-likeness (QED) is 0.828. The molecule has 0 N–H and O–H groups in total. The van der Waals surface area contributed by atoms with Gasteiger partial charge < -0.3 is 19.3 Å². The van der Waals surface area contributed by atoms with Crippen molar-refractivity contribution in [1.82, 2.24) is 9.80 Å². The number of rotatable bonds is 3. The fourth-order valence-corrected chi connectivity index (χ4v) is 3.85. The van der Waals surface area contributed by atoms with Crippen LogP contribution in [0.5, 0.6) is 11.5 Å². The van der Waals surface area contributed by atoms with Gasteiger partial charge in [-0.1, -0.05) is 6.92 Å². The van der Waals surface area contributed by atoms with Crippen molar-refractivity contribution in [2.75, 3.05) is 50.8 Å². The minimum absolute atomic E-state index is 0.0499. The third kappa shape index (κ3) is 3.30. The number of hydrogen-bond donors (Lipinski definition) is 0. The summed E-state index contributed by atoms with van der Waals surface area (Å²) < 4.78 is 11.1. The lowest BCUT2D eigenvalue weighted by atomic mass is 10.0. The summed E-state index contributed by atoms with van der Waals surface area (Å²) in [6.07, 6.45) is 2.22. The van der Waals surface area contributed by atoms with E-state index in [2.05, 4.69) is 6.92 Å². The number of urea groups is 1. The van der Waals surface area contributed by atoms with Gasteiger partial charge >= 0.3 is 6.03 Å². The number of likely N-dealkylation sites (tertiary alicyclic amines) is 1. The SMILES string of the molecule is C[C@H]1CCCN(C(=O)CN2CCN(c3ccc4c(c3)OCCO4)C2=O)C1. The molecule has 1 aromatic carbocycles.